The molecule has 0 saturated heterocycles. The standard InChI is InChI=1S/C18H16BrNO6/c1-12-3-5-15(14(19)9-12)25-11-18(21)26-16-6-4-13(7-8-20(22)23)10-17(16)24-2/h3-10H,11H2,1-2H3. The van der Waals surface area contributed by atoms with Crippen molar-refractivity contribution in [1.29, 1.82) is 0 Å². The van der Waals surface area contributed by atoms with Gasteiger partial charge in [0.05, 0.1) is 16.5 Å². The molecule has 0 amide bonds. The van der Waals surface area contributed by atoms with Crippen LogP contribution in [0.2, 0.25) is 0 Å². The van der Waals surface area contributed by atoms with Crippen LogP contribution in [0.25, 0.3) is 6.08 Å². The van der Waals surface area contributed by atoms with Crippen molar-refractivity contribution in [3.63, 3.8) is 0 Å². The summed E-state index contributed by atoms with van der Waals surface area (Å²) >= 11 is 3.37. The van der Waals surface area contributed by atoms with E-state index in [9.17, 15) is 14.9 Å². The molecule has 0 aliphatic carbocycles. The molecule has 0 aliphatic rings. The molecule has 2 aromatic rings. The zero-order chi connectivity index (χ0) is 19.1. The molecular formula is C18H16BrNO6. The van der Waals surface area contributed by atoms with E-state index in [0.717, 1.165) is 16.2 Å². The lowest BCUT2D eigenvalue weighted by Gasteiger charge is -2.11. The molecule has 0 aromatic heterocycles. The molecule has 7 nitrogen and oxygen atoms in total. The number of hydrogen-bond acceptors (Lipinski definition) is 6. The number of hydrogen-bond donors (Lipinski definition) is 0. The molecule has 0 spiro atoms. The molecule has 0 aliphatic heterocycles. The minimum absolute atomic E-state index is 0.197. The van der Waals surface area contributed by atoms with E-state index in [2.05, 4.69) is 15.9 Å². The Morgan fingerprint density at radius 3 is 2.58 bits per heavy atom. The van der Waals surface area contributed by atoms with Crippen LogP contribution in [0, 0.1) is 17.0 Å². The second kappa shape index (κ2) is 9.00. The van der Waals surface area contributed by atoms with Gasteiger partial charge in [0, 0.05) is 6.08 Å². The van der Waals surface area contributed by atoms with Gasteiger partial charge >= 0.3 is 5.97 Å². The van der Waals surface area contributed by atoms with Crippen molar-refractivity contribution < 1.29 is 23.9 Å². The van der Waals surface area contributed by atoms with E-state index >= 15 is 0 Å². The summed E-state index contributed by atoms with van der Waals surface area (Å²) in [7, 11) is 1.41. The number of nitro groups is 1. The number of carbonyl (C=O) groups is 1. The molecule has 0 unspecified atom stereocenters. The van der Waals surface area contributed by atoms with Crippen molar-refractivity contribution in [2.24, 2.45) is 0 Å². The van der Waals surface area contributed by atoms with Gasteiger partial charge in [0.1, 0.15) is 5.75 Å². The molecule has 0 heterocycles. The summed E-state index contributed by atoms with van der Waals surface area (Å²) in [6.45, 7) is 1.66. The summed E-state index contributed by atoms with van der Waals surface area (Å²) < 4.78 is 16.6. The van der Waals surface area contributed by atoms with Gasteiger partial charge in [0.2, 0.25) is 6.20 Å². The summed E-state index contributed by atoms with van der Waals surface area (Å²) in [5.41, 5.74) is 1.60. The monoisotopic (exact) mass is 421 g/mol. The second-order valence-corrected chi connectivity index (χ2v) is 6.06. The SMILES string of the molecule is COc1cc(C=C[N+](=O)[O-])ccc1OC(=O)COc1ccc(C)cc1Br. The molecule has 0 bridgehead atoms. The van der Waals surface area contributed by atoms with E-state index in [0.29, 0.717) is 11.3 Å². The van der Waals surface area contributed by atoms with Gasteiger partial charge in [-0.05, 0) is 58.2 Å². The number of halogens is 1. The zero-order valence-corrected chi connectivity index (χ0v) is 15.7. The van der Waals surface area contributed by atoms with Crippen LogP contribution in [0.4, 0.5) is 0 Å². The molecule has 2 aromatic carbocycles. The number of methoxy groups -OCH3 is 1. The summed E-state index contributed by atoms with van der Waals surface area (Å²) in [6.07, 6.45) is 2.12. The van der Waals surface area contributed by atoms with Crippen LogP contribution in [0.15, 0.2) is 47.1 Å². The summed E-state index contributed by atoms with van der Waals surface area (Å²) in [4.78, 5) is 21.8. The predicted molar refractivity (Wildman–Crippen MR) is 99.0 cm³/mol. The van der Waals surface area contributed by atoms with Gasteiger partial charge in [-0.15, -0.1) is 0 Å². The van der Waals surface area contributed by atoms with Crippen molar-refractivity contribution in [2.75, 3.05) is 13.7 Å². The highest BCUT2D eigenvalue weighted by Gasteiger charge is 2.12. The van der Waals surface area contributed by atoms with Crippen LogP contribution < -0.4 is 14.2 Å². The maximum Gasteiger partial charge on any atom is 0.349 e. The van der Waals surface area contributed by atoms with Gasteiger partial charge in [0.25, 0.3) is 0 Å². The third-order valence-electron chi connectivity index (χ3n) is 3.23. The second-order valence-electron chi connectivity index (χ2n) is 5.21. The summed E-state index contributed by atoms with van der Waals surface area (Å²) in [6, 6.07) is 10.1. The molecule has 8 heteroatoms. The Labute approximate surface area is 158 Å². The van der Waals surface area contributed by atoms with E-state index in [1.807, 2.05) is 19.1 Å². The fourth-order valence-electron chi connectivity index (χ4n) is 2.03. The molecule has 0 atom stereocenters. The normalized spacial score (nSPS) is 10.6. The summed E-state index contributed by atoms with van der Waals surface area (Å²) in [5.74, 6) is 0.395. The first-order valence-corrected chi connectivity index (χ1v) is 8.27. The summed E-state index contributed by atoms with van der Waals surface area (Å²) in [5, 5.41) is 10.4. The lowest BCUT2D eigenvalue weighted by atomic mass is 10.2. The first kappa shape index (κ1) is 19.5. The smallest absolute Gasteiger partial charge is 0.349 e. The van der Waals surface area contributed by atoms with E-state index in [1.54, 1.807) is 12.1 Å². The van der Waals surface area contributed by atoms with E-state index in [-0.39, 0.29) is 18.1 Å². The van der Waals surface area contributed by atoms with Crippen molar-refractivity contribution in [1.82, 2.24) is 0 Å². The third kappa shape index (κ3) is 5.59. The van der Waals surface area contributed by atoms with Crippen LogP contribution in [-0.4, -0.2) is 24.6 Å². The quantitative estimate of drug-likeness (QED) is 0.290. The molecule has 0 N–H and O–H groups in total. The molecule has 0 fully saturated rings. The van der Waals surface area contributed by atoms with Gasteiger partial charge in [-0.25, -0.2) is 4.79 Å². The van der Waals surface area contributed by atoms with Crippen molar-refractivity contribution >= 4 is 28.0 Å². The van der Waals surface area contributed by atoms with Crippen molar-refractivity contribution in [3.05, 3.63) is 68.3 Å². The Morgan fingerprint density at radius 1 is 1.19 bits per heavy atom. The number of esters is 1. The fourth-order valence-corrected chi connectivity index (χ4v) is 2.64. The van der Waals surface area contributed by atoms with E-state index < -0.39 is 10.9 Å². The molecule has 0 radical (unpaired) electrons. The van der Waals surface area contributed by atoms with Crippen LogP contribution in [0.5, 0.6) is 17.2 Å². The molecule has 0 saturated carbocycles. The van der Waals surface area contributed by atoms with Gasteiger partial charge in [-0.3, -0.25) is 10.1 Å². The topological polar surface area (TPSA) is 87.9 Å². The van der Waals surface area contributed by atoms with Crippen LogP contribution in [-0.2, 0) is 4.79 Å². The van der Waals surface area contributed by atoms with Crippen molar-refractivity contribution in [2.45, 2.75) is 6.92 Å². The third-order valence-corrected chi connectivity index (χ3v) is 3.85. The Hall–Kier alpha value is -2.87. The highest BCUT2D eigenvalue weighted by molar-refractivity contribution is 9.10. The maximum atomic E-state index is 12.0. The molecule has 2 rings (SSSR count). The predicted octanol–water partition coefficient (Wildman–Crippen LogP) is 4.00. The zero-order valence-electron chi connectivity index (χ0n) is 14.1. The Morgan fingerprint density at radius 2 is 1.92 bits per heavy atom. The average molecular weight is 422 g/mol. The number of benzene rings is 2. The number of ether oxygens (including phenoxy) is 3. The Kier molecular flexibility index (Phi) is 6.74. The largest absolute Gasteiger partial charge is 0.493 e. The lowest BCUT2D eigenvalue weighted by molar-refractivity contribution is -0.400. The first-order chi connectivity index (χ1) is 12.4. The Balaban J connectivity index is 2.02. The maximum absolute atomic E-state index is 12.0. The number of carbonyl (C=O) groups excluding carboxylic acids is 1. The van der Waals surface area contributed by atoms with Crippen molar-refractivity contribution in [3.8, 4) is 17.2 Å². The number of nitrogens with zero attached hydrogens (tertiary/aromatic N) is 1. The number of aryl methyl sites for hydroxylation is 1. The number of rotatable bonds is 7. The van der Waals surface area contributed by atoms with Gasteiger partial charge in [0.15, 0.2) is 18.1 Å². The van der Waals surface area contributed by atoms with Crippen LogP contribution in [0.3, 0.4) is 0 Å². The average Bonchev–Trinajstić information content (AvgIpc) is 2.60. The molecule has 26 heavy (non-hydrogen) atoms. The fraction of sp³-hybridized carbons (Fsp3) is 0.167. The van der Waals surface area contributed by atoms with E-state index in [4.69, 9.17) is 14.2 Å². The first-order valence-electron chi connectivity index (χ1n) is 7.48. The van der Waals surface area contributed by atoms with Gasteiger partial charge in [-0.2, -0.15) is 0 Å². The highest BCUT2D eigenvalue weighted by Crippen LogP contribution is 2.29. The van der Waals surface area contributed by atoms with Crippen LogP contribution in [0.1, 0.15) is 11.1 Å². The minimum Gasteiger partial charge on any atom is -0.493 e. The lowest BCUT2D eigenvalue weighted by Crippen LogP contribution is -2.18. The van der Waals surface area contributed by atoms with E-state index in [1.165, 1.54) is 25.3 Å². The van der Waals surface area contributed by atoms with Crippen LogP contribution >= 0.6 is 15.9 Å². The Bertz CT molecular complexity index is 850. The molecular weight excluding hydrogens is 406 g/mol. The van der Waals surface area contributed by atoms with Gasteiger partial charge in [-0.1, -0.05) is 12.1 Å². The highest BCUT2D eigenvalue weighted by atomic mass is 79.9. The van der Waals surface area contributed by atoms with Gasteiger partial charge < -0.3 is 14.2 Å². The molecule has 136 valence electrons. The minimum atomic E-state index is -0.607.